The number of aliphatic carboxylic acids is 2. The maximum Gasteiger partial charge on any atom is 0.490 e. The Hall–Kier alpha value is -4.86. The summed E-state index contributed by atoms with van der Waals surface area (Å²) in [6.45, 7) is 1.32. The Morgan fingerprint density at radius 1 is 0.894 bits per heavy atom. The number of pyridine rings is 1. The maximum absolute atomic E-state index is 13.2. The zero-order chi connectivity index (χ0) is 35.4. The van der Waals surface area contributed by atoms with Crippen LogP contribution in [0, 0.1) is 5.92 Å². The molecular weight excluding hydrogens is 640 g/mol. The Bertz CT molecular complexity index is 1480. The molecule has 1 heterocycles. The fourth-order valence-corrected chi connectivity index (χ4v) is 4.13. The molecule has 1 unspecified atom stereocenters. The van der Waals surface area contributed by atoms with Gasteiger partial charge in [-0.2, -0.15) is 26.3 Å². The number of hydrogen-bond donors (Lipinski definition) is 3. The Kier molecular flexibility index (Phi) is 14.0. The summed E-state index contributed by atoms with van der Waals surface area (Å²) in [5.74, 6) is -4.06. The first-order valence-electron chi connectivity index (χ1n) is 13.8. The van der Waals surface area contributed by atoms with E-state index < -0.39 is 24.3 Å². The minimum Gasteiger partial charge on any atom is -0.497 e. The molecule has 47 heavy (non-hydrogen) atoms. The number of carbonyl (C=O) groups is 3. The molecule has 3 N–H and O–H groups in total. The molecule has 0 fully saturated rings. The number of benzene rings is 2. The third kappa shape index (κ3) is 12.8. The van der Waals surface area contributed by atoms with Gasteiger partial charge in [-0.3, -0.25) is 9.78 Å². The van der Waals surface area contributed by atoms with Crippen LogP contribution in [0.25, 0.3) is 11.1 Å². The van der Waals surface area contributed by atoms with E-state index in [1.165, 1.54) is 11.1 Å². The zero-order valence-corrected chi connectivity index (χ0v) is 25.5. The number of carbonyl (C=O) groups excluding carboxylic acids is 1. The summed E-state index contributed by atoms with van der Waals surface area (Å²) in [5.41, 5.74) is 5.27. The van der Waals surface area contributed by atoms with E-state index in [0.717, 1.165) is 36.3 Å². The van der Waals surface area contributed by atoms with Crippen LogP contribution in [0.2, 0.25) is 0 Å². The van der Waals surface area contributed by atoms with Gasteiger partial charge in [-0.1, -0.05) is 12.1 Å². The summed E-state index contributed by atoms with van der Waals surface area (Å²) in [6.07, 6.45) is -4.19. The van der Waals surface area contributed by atoms with Crippen LogP contribution in [0.1, 0.15) is 17.5 Å². The normalized spacial score (nSPS) is 14.0. The SMILES string of the molecule is COc1ccc2c(c1)CC(C(=O)Nc1ccc(-c3ccncc3)cc1OCCN(C)C)CC2.O=C(O)C(F)(F)F.O=C(O)C(F)(F)F. The second-order valence-electron chi connectivity index (χ2n) is 10.3. The fourth-order valence-electron chi connectivity index (χ4n) is 4.13. The third-order valence-corrected chi connectivity index (χ3v) is 6.55. The Morgan fingerprint density at radius 2 is 1.49 bits per heavy atom. The molecule has 256 valence electrons. The van der Waals surface area contributed by atoms with Crippen LogP contribution < -0.4 is 14.8 Å². The molecule has 16 heteroatoms. The number of anilines is 1. The largest absolute Gasteiger partial charge is 0.497 e. The van der Waals surface area contributed by atoms with Crippen LogP contribution in [0.3, 0.4) is 0 Å². The van der Waals surface area contributed by atoms with Gasteiger partial charge in [0.15, 0.2) is 0 Å². The lowest BCUT2D eigenvalue weighted by Gasteiger charge is -2.25. The first-order chi connectivity index (χ1) is 21.9. The molecule has 0 saturated heterocycles. The topological polar surface area (TPSA) is 138 Å². The molecule has 1 aromatic heterocycles. The van der Waals surface area contributed by atoms with E-state index >= 15 is 0 Å². The smallest absolute Gasteiger partial charge is 0.490 e. The molecule has 0 saturated carbocycles. The molecule has 4 rings (SSSR count). The number of rotatable bonds is 8. The van der Waals surface area contributed by atoms with Crippen LogP contribution in [-0.4, -0.2) is 84.7 Å². The summed E-state index contributed by atoms with van der Waals surface area (Å²) in [5, 5.41) is 17.4. The van der Waals surface area contributed by atoms with E-state index in [2.05, 4.69) is 21.3 Å². The predicted molar refractivity (Wildman–Crippen MR) is 158 cm³/mol. The van der Waals surface area contributed by atoms with Gasteiger partial charge < -0.3 is 29.9 Å². The van der Waals surface area contributed by atoms with Crippen molar-refractivity contribution in [2.24, 2.45) is 5.92 Å². The standard InChI is InChI=1S/C27H31N3O3.2C2HF3O2/c1-30(2)14-15-33-26-18-21(20-10-12-28-13-11-20)7-9-25(26)29-27(31)22-5-4-19-6-8-24(32-3)17-23(19)16-22;2*3-2(4,5)1(6)7/h6-13,17-18,22H,4-5,14-16H2,1-3H3,(H,29,31);2*(H,6,7). The van der Waals surface area contributed by atoms with Crippen molar-refractivity contribution in [2.75, 3.05) is 39.7 Å². The molecule has 1 aliphatic carbocycles. The molecule has 1 aliphatic rings. The monoisotopic (exact) mass is 673 g/mol. The number of fused-ring (bicyclic) bond motifs is 1. The lowest BCUT2D eigenvalue weighted by Crippen LogP contribution is -2.28. The molecule has 0 bridgehead atoms. The molecule has 2 aromatic carbocycles. The lowest BCUT2D eigenvalue weighted by molar-refractivity contribution is -0.193. The molecule has 1 atom stereocenters. The van der Waals surface area contributed by atoms with Gasteiger partial charge in [-0.05, 0) is 92.0 Å². The molecule has 0 radical (unpaired) electrons. The van der Waals surface area contributed by atoms with Crippen molar-refractivity contribution in [1.82, 2.24) is 9.88 Å². The van der Waals surface area contributed by atoms with Gasteiger partial charge in [-0.15, -0.1) is 0 Å². The number of nitrogens with one attached hydrogen (secondary N) is 1. The van der Waals surface area contributed by atoms with Gasteiger partial charge in [0.05, 0.1) is 12.8 Å². The number of nitrogens with zero attached hydrogens (tertiary/aromatic N) is 2. The summed E-state index contributed by atoms with van der Waals surface area (Å²) in [6, 6.07) is 16.0. The number of methoxy groups -OCH3 is 1. The first kappa shape index (κ1) is 38.3. The van der Waals surface area contributed by atoms with Crippen LogP contribution in [0.4, 0.5) is 32.0 Å². The summed E-state index contributed by atoms with van der Waals surface area (Å²) >= 11 is 0. The molecule has 10 nitrogen and oxygen atoms in total. The summed E-state index contributed by atoms with van der Waals surface area (Å²) < 4.78 is 74.9. The Morgan fingerprint density at radius 3 is 2.02 bits per heavy atom. The fraction of sp³-hybridized carbons (Fsp3) is 0.355. The number of alkyl halides is 6. The van der Waals surface area contributed by atoms with Gasteiger partial charge in [0.2, 0.25) is 5.91 Å². The van der Waals surface area contributed by atoms with Crippen molar-refractivity contribution in [3.05, 3.63) is 72.1 Å². The number of aryl methyl sites for hydroxylation is 1. The van der Waals surface area contributed by atoms with E-state index in [1.54, 1.807) is 19.5 Å². The minimum atomic E-state index is -5.08. The molecule has 3 aromatic rings. The van der Waals surface area contributed by atoms with Crippen molar-refractivity contribution in [1.29, 1.82) is 0 Å². The van der Waals surface area contributed by atoms with E-state index in [4.69, 9.17) is 29.3 Å². The van der Waals surface area contributed by atoms with Crippen LogP contribution >= 0.6 is 0 Å². The molecule has 0 spiro atoms. The predicted octanol–water partition coefficient (Wildman–Crippen LogP) is 5.71. The third-order valence-electron chi connectivity index (χ3n) is 6.55. The quantitative estimate of drug-likeness (QED) is 0.257. The molecule has 0 aliphatic heterocycles. The first-order valence-corrected chi connectivity index (χ1v) is 13.8. The van der Waals surface area contributed by atoms with E-state index in [0.29, 0.717) is 24.5 Å². The van der Waals surface area contributed by atoms with E-state index in [1.807, 2.05) is 56.6 Å². The molecular formula is C31H33F6N3O7. The number of carboxylic acid groups (broad SMARTS) is 2. The van der Waals surface area contributed by atoms with E-state index in [-0.39, 0.29) is 11.8 Å². The number of carboxylic acids is 2. The zero-order valence-electron chi connectivity index (χ0n) is 25.5. The minimum absolute atomic E-state index is 0.0255. The average Bonchev–Trinajstić information content (AvgIpc) is 3.01. The van der Waals surface area contributed by atoms with Crippen LogP contribution in [0.5, 0.6) is 11.5 Å². The van der Waals surface area contributed by atoms with Crippen molar-refractivity contribution >= 4 is 23.5 Å². The van der Waals surface area contributed by atoms with Crippen molar-refractivity contribution in [2.45, 2.75) is 31.6 Å². The highest BCUT2D eigenvalue weighted by Crippen LogP contribution is 2.33. The average molecular weight is 674 g/mol. The number of hydrogen-bond acceptors (Lipinski definition) is 7. The maximum atomic E-state index is 13.2. The van der Waals surface area contributed by atoms with Gasteiger partial charge in [0.1, 0.15) is 18.1 Å². The number of halogens is 6. The highest BCUT2D eigenvalue weighted by Gasteiger charge is 2.39. The van der Waals surface area contributed by atoms with Crippen LogP contribution in [-0.2, 0) is 27.2 Å². The van der Waals surface area contributed by atoms with Gasteiger partial charge >= 0.3 is 24.3 Å². The Balaban J connectivity index is 0.000000459. The van der Waals surface area contributed by atoms with Gasteiger partial charge in [0, 0.05) is 24.9 Å². The lowest BCUT2D eigenvalue weighted by atomic mass is 9.83. The highest BCUT2D eigenvalue weighted by atomic mass is 19.4. The van der Waals surface area contributed by atoms with Gasteiger partial charge in [0.25, 0.3) is 0 Å². The number of aromatic nitrogens is 1. The second kappa shape index (κ2) is 17.2. The number of likely N-dealkylation sites (N-methyl/N-ethyl adjacent to an activating group) is 1. The van der Waals surface area contributed by atoms with Gasteiger partial charge in [-0.25, -0.2) is 9.59 Å². The summed E-state index contributed by atoms with van der Waals surface area (Å²) in [7, 11) is 5.69. The second-order valence-corrected chi connectivity index (χ2v) is 10.3. The van der Waals surface area contributed by atoms with Crippen molar-refractivity contribution in [3.8, 4) is 22.6 Å². The number of ether oxygens (including phenoxy) is 2. The Labute approximate surface area is 265 Å². The van der Waals surface area contributed by atoms with Crippen molar-refractivity contribution in [3.63, 3.8) is 0 Å². The molecule has 1 amide bonds. The highest BCUT2D eigenvalue weighted by molar-refractivity contribution is 5.94. The summed E-state index contributed by atoms with van der Waals surface area (Å²) in [4.78, 5) is 37.2. The van der Waals surface area contributed by atoms with Crippen molar-refractivity contribution < 1.29 is 60.4 Å². The van der Waals surface area contributed by atoms with Crippen LogP contribution in [0.15, 0.2) is 60.9 Å². The number of amides is 1. The van der Waals surface area contributed by atoms with E-state index in [9.17, 15) is 31.1 Å².